The smallest absolute Gasteiger partial charge is 0.319 e. The van der Waals surface area contributed by atoms with E-state index < -0.39 is 23.8 Å². The summed E-state index contributed by atoms with van der Waals surface area (Å²) in [6.07, 6.45) is 0. The highest BCUT2D eigenvalue weighted by molar-refractivity contribution is 5.98. The van der Waals surface area contributed by atoms with Gasteiger partial charge in [0.05, 0.1) is 19.2 Å². The summed E-state index contributed by atoms with van der Waals surface area (Å²) in [5, 5.41) is 15.4. The topological polar surface area (TPSA) is 157 Å². The molecule has 1 aromatic carbocycles. The molecule has 0 unspecified atom stereocenters. The van der Waals surface area contributed by atoms with Gasteiger partial charge in [-0.1, -0.05) is 6.07 Å². The van der Waals surface area contributed by atoms with E-state index in [1.54, 1.807) is 18.2 Å². The molecular weight excluding hydrogens is 328 g/mol. The minimum atomic E-state index is -0.651. The van der Waals surface area contributed by atoms with E-state index in [2.05, 4.69) is 16.0 Å². The summed E-state index contributed by atoms with van der Waals surface area (Å²) in [4.78, 5) is 47.2. The van der Waals surface area contributed by atoms with Crippen LogP contribution >= 0.6 is 0 Å². The van der Waals surface area contributed by atoms with Crippen LogP contribution in [-0.2, 0) is 9.59 Å². The minimum absolute atomic E-state index is 0.148. The van der Waals surface area contributed by atoms with Gasteiger partial charge in [0.25, 0.3) is 5.91 Å². The fourth-order valence-electron chi connectivity index (χ4n) is 1.79. The molecule has 0 spiro atoms. The lowest BCUT2D eigenvalue weighted by Gasteiger charge is -2.15. The molecular formula is C15H18N6O4. The van der Waals surface area contributed by atoms with Crippen LogP contribution in [0.15, 0.2) is 24.3 Å². The van der Waals surface area contributed by atoms with E-state index >= 15 is 0 Å². The third kappa shape index (κ3) is 7.00. The molecule has 1 rings (SSSR count). The lowest BCUT2D eigenvalue weighted by atomic mass is 10.2. The molecule has 0 fully saturated rings. The molecule has 0 radical (unpaired) electrons. The van der Waals surface area contributed by atoms with Crippen molar-refractivity contribution in [2.45, 2.75) is 0 Å². The first-order chi connectivity index (χ1) is 11.8. The lowest BCUT2D eigenvalue weighted by Crippen LogP contribution is -2.39. The number of carbonyl (C=O) groups is 4. The Balaban J connectivity index is 2.61. The van der Waals surface area contributed by atoms with Crippen LogP contribution < -0.4 is 21.7 Å². The summed E-state index contributed by atoms with van der Waals surface area (Å²) in [6.45, 7) is -0.673. The Kier molecular flexibility index (Phi) is 7.39. The molecule has 0 aliphatic carbocycles. The predicted octanol–water partition coefficient (Wildman–Crippen LogP) is -0.995. The highest BCUT2D eigenvalue weighted by Gasteiger charge is 2.14. The van der Waals surface area contributed by atoms with Gasteiger partial charge in [0.15, 0.2) is 0 Å². The Morgan fingerprint density at radius 2 is 1.96 bits per heavy atom. The zero-order chi connectivity index (χ0) is 18.8. The Bertz CT molecular complexity index is 712. The molecule has 0 bridgehead atoms. The largest absolute Gasteiger partial charge is 0.368 e. The van der Waals surface area contributed by atoms with Gasteiger partial charge in [-0.15, -0.1) is 0 Å². The molecule has 0 aliphatic heterocycles. The number of hydrogen-bond donors (Lipinski definition) is 4. The number of rotatable bonds is 7. The summed E-state index contributed by atoms with van der Waals surface area (Å²) >= 11 is 0. The second kappa shape index (κ2) is 9.51. The number of amides is 5. The van der Waals surface area contributed by atoms with E-state index in [0.29, 0.717) is 5.69 Å². The Morgan fingerprint density at radius 1 is 1.24 bits per heavy atom. The molecule has 1 aromatic rings. The van der Waals surface area contributed by atoms with Crippen molar-refractivity contribution in [2.24, 2.45) is 5.73 Å². The summed E-state index contributed by atoms with van der Waals surface area (Å²) in [5.74, 6) is -1.58. The maximum atomic E-state index is 12.1. The molecule has 10 nitrogen and oxygen atoms in total. The first kappa shape index (κ1) is 19.4. The SMILES string of the molecule is CN(CC(N)=O)C(=O)c1cccc(NC(=O)NCC(=O)NCC#N)c1. The maximum absolute atomic E-state index is 12.1. The van der Waals surface area contributed by atoms with Crippen molar-refractivity contribution in [3.05, 3.63) is 29.8 Å². The summed E-state index contributed by atoms with van der Waals surface area (Å²) in [7, 11) is 1.43. The van der Waals surface area contributed by atoms with Crippen LogP contribution in [0.25, 0.3) is 0 Å². The zero-order valence-electron chi connectivity index (χ0n) is 13.5. The highest BCUT2D eigenvalue weighted by atomic mass is 16.2. The number of benzene rings is 1. The van der Waals surface area contributed by atoms with Gasteiger partial charge in [-0.3, -0.25) is 14.4 Å². The van der Waals surface area contributed by atoms with E-state index in [0.717, 1.165) is 4.90 Å². The number of nitriles is 1. The number of urea groups is 1. The van der Waals surface area contributed by atoms with Gasteiger partial charge in [0.1, 0.15) is 6.54 Å². The first-order valence-electron chi connectivity index (χ1n) is 7.15. The van der Waals surface area contributed by atoms with Crippen LogP contribution in [0.3, 0.4) is 0 Å². The van der Waals surface area contributed by atoms with Crippen molar-refractivity contribution in [3.8, 4) is 6.07 Å². The Labute approximate surface area is 144 Å². The first-order valence-corrected chi connectivity index (χ1v) is 7.15. The molecule has 25 heavy (non-hydrogen) atoms. The van der Waals surface area contributed by atoms with Crippen LogP contribution in [0.4, 0.5) is 10.5 Å². The summed E-state index contributed by atoms with van der Waals surface area (Å²) in [5.41, 5.74) is 5.63. The third-order valence-corrected chi connectivity index (χ3v) is 2.88. The van der Waals surface area contributed by atoms with Gasteiger partial charge in [-0.25, -0.2) is 4.79 Å². The molecule has 0 heterocycles. The van der Waals surface area contributed by atoms with Crippen LogP contribution in [0.2, 0.25) is 0 Å². The molecule has 0 saturated carbocycles. The molecule has 0 aliphatic rings. The van der Waals surface area contributed by atoms with E-state index in [-0.39, 0.29) is 25.2 Å². The van der Waals surface area contributed by atoms with Crippen molar-refractivity contribution in [1.29, 1.82) is 5.26 Å². The Hall–Kier alpha value is -3.61. The molecule has 5 N–H and O–H groups in total. The van der Waals surface area contributed by atoms with Crippen LogP contribution in [-0.4, -0.2) is 55.3 Å². The molecule has 0 saturated heterocycles. The molecule has 0 aromatic heterocycles. The fraction of sp³-hybridized carbons (Fsp3) is 0.267. The second-order valence-corrected chi connectivity index (χ2v) is 4.95. The monoisotopic (exact) mass is 346 g/mol. The average molecular weight is 346 g/mol. The van der Waals surface area contributed by atoms with Gasteiger partial charge in [-0.2, -0.15) is 5.26 Å². The third-order valence-electron chi connectivity index (χ3n) is 2.88. The van der Waals surface area contributed by atoms with Gasteiger partial charge in [0.2, 0.25) is 11.8 Å². The fourth-order valence-corrected chi connectivity index (χ4v) is 1.79. The lowest BCUT2D eigenvalue weighted by molar-refractivity contribution is -0.120. The van der Waals surface area contributed by atoms with Crippen molar-refractivity contribution in [2.75, 3.05) is 32.0 Å². The number of nitrogens with one attached hydrogen (secondary N) is 3. The normalized spacial score (nSPS) is 9.44. The predicted molar refractivity (Wildman–Crippen MR) is 88.2 cm³/mol. The standard InChI is InChI=1S/C15H18N6O4/c1-21(9-12(17)22)14(24)10-3-2-4-11(7-10)20-15(25)19-8-13(23)18-6-5-16/h2-4,7H,6,8-9H2,1H3,(H2,17,22)(H,18,23)(H2,19,20,25). The van der Waals surface area contributed by atoms with Crippen molar-refractivity contribution in [1.82, 2.24) is 15.5 Å². The van der Waals surface area contributed by atoms with Gasteiger partial charge in [-0.05, 0) is 18.2 Å². The minimum Gasteiger partial charge on any atom is -0.368 e. The number of primary amides is 1. The molecule has 132 valence electrons. The summed E-state index contributed by atoms with van der Waals surface area (Å²) < 4.78 is 0. The number of anilines is 1. The maximum Gasteiger partial charge on any atom is 0.319 e. The number of nitrogens with two attached hydrogens (primary N) is 1. The summed E-state index contributed by atoms with van der Waals surface area (Å²) in [6, 6.07) is 7.15. The van der Waals surface area contributed by atoms with E-state index in [1.807, 2.05) is 0 Å². The van der Waals surface area contributed by atoms with Crippen molar-refractivity contribution >= 4 is 29.4 Å². The van der Waals surface area contributed by atoms with Gasteiger partial charge in [0, 0.05) is 18.3 Å². The van der Waals surface area contributed by atoms with Crippen LogP contribution in [0.1, 0.15) is 10.4 Å². The molecule has 5 amide bonds. The van der Waals surface area contributed by atoms with E-state index in [1.165, 1.54) is 19.2 Å². The van der Waals surface area contributed by atoms with Crippen LogP contribution in [0, 0.1) is 11.3 Å². The van der Waals surface area contributed by atoms with E-state index in [4.69, 9.17) is 11.0 Å². The van der Waals surface area contributed by atoms with Crippen molar-refractivity contribution in [3.63, 3.8) is 0 Å². The van der Waals surface area contributed by atoms with Gasteiger partial charge < -0.3 is 26.6 Å². The van der Waals surface area contributed by atoms with Crippen molar-refractivity contribution < 1.29 is 19.2 Å². The Morgan fingerprint density at radius 3 is 2.60 bits per heavy atom. The number of nitrogens with zero attached hydrogens (tertiary/aromatic N) is 2. The van der Waals surface area contributed by atoms with E-state index in [9.17, 15) is 19.2 Å². The highest BCUT2D eigenvalue weighted by Crippen LogP contribution is 2.12. The van der Waals surface area contributed by atoms with Gasteiger partial charge >= 0.3 is 6.03 Å². The molecule has 10 heteroatoms. The zero-order valence-corrected chi connectivity index (χ0v) is 13.5. The number of hydrogen-bond acceptors (Lipinski definition) is 5. The average Bonchev–Trinajstić information content (AvgIpc) is 2.57. The van der Waals surface area contributed by atoms with Crippen LogP contribution in [0.5, 0.6) is 0 Å². The second-order valence-electron chi connectivity index (χ2n) is 4.95. The number of likely N-dealkylation sites (N-methyl/N-ethyl adjacent to an activating group) is 1. The quantitative estimate of drug-likeness (QED) is 0.466. The molecule has 0 atom stereocenters. The number of carbonyl (C=O) groups excluding carboxylic acids is 4.